The van der Waals surface area contributed by atoms with E-state index in [1.807, 2.05) is 0 Å². The van der Waals surface area contributed by atoms with E-state index in [0.717, 1.165) is 25.9 Å². The van der Waals surface area contributed by atoms with Crippen molar-refractivity contribution >= 4 is 0 Å². The van der Waals surface area contributed by atoms with E-state index in [1.54, 1.807) is 12.1 Å². The van der Waals surface area contributed by atoms with Gasteiger partial charge in [0.25, 0.3) is 0 Å². The number of benzene rings is 1. The fourth-order valence-corrected chi connectivity index (χ4v) is 2.98. The summed E-state index contributed by atoms with van der Waals surface area (Å²) in [6, 6.07) is 6.66. The highest BCUT2D eigenvalue weighted by Gasteiger charge is 2.33. The van der Waals surface area contributed by atoms with Gasteiger partial charge in [-0.1, -0.05) is 32.0 Å². The monoisotopic (exact) mass is 300 g/mol. The van der Waals surface area contributed by atoms with E-state index >= 15 is 0 Å². The first kappa shape index (κ1) is 16.3. The highest BCUT2D eigenvalue weighted by molar-refractivity contribution is 5.29. The largest absolute Gasteiger partial charge is 0.416 e. The Labute approximate surface area is 124 Å². The first-order valence-corrected chi connectivity index (χ1v) is 7.50. The highest BCUT2D eigenvalue weighted by atomic mass is 19.4. The summed E-state index contributed by atoms with van der Waals surface area (Å²) in [5, 5.41) is 3.48. The molecule has 0 saturated carbocycles. The van der Waals surface area contributed by atoms with Crippen LogP contribution in [-0.4, -0.2) is 30.1 Å². The van der Waals surface area contributed by atoms with Crippen molar-refractivity contribution in [2.75, 3.05) is 13.1 Å². The van der Waals surface area contributed by atoms with Crippen molar-refractivity contribution in [2.24, 2.45) is 0 Å². The van der Waals surface area contributed by atoms with E-state index in [2.05, 4.69) is 24.1 Å². The molecular formula is C16H23F3N2. The molecule has 1 aliphatic rings. The van der Waals surface area contributed by atoms with Gasteiger partial charge in [-0.05, 0) is 31.0 Å². The van der Waals surface area contributed by atoms with Crippen LogP contribution in [0, 0.1) is 0 Å². The van der Waals surface area contributed by atoms with Gasteiger partial charge in [0.15, 0.2) is 0 Å². The molecule has 2 nitrogen and oxygen atoms in total. The lowest BCUT2D eigenvalue weighted by molar-refractivity contribution is -0.138. The Morgan fingerprint density at radius 3 is 2.67 bits per heavy atom. The molecule has 0 bridgehead atoms. The SMILES string of the molecule is CC(C)NC1CCCN(Cc2ccccc2C(F)(F)F)C1. The number of rotatable bonds is 4. The summed E-state index contributed by atoms with van der Waals surface area (Å²) in [7, 11) is 0. The summed E-state index contributed by atoms with van der Waals surface area (Å²) in [6.45, 7) is 6.23. The molecule has 0 radical (unpaired) electrons. The maximum atomic E-state index is 13.0. The number of hydrogen-bond acceptors (Lipinski definition) is 2. The first-order chi connectivity index (χ1) is 9.86. The average Bonchev–Trinajstić information content (AvgIpc) is 2.37. The second kappa shape index (κ2) is 6.79. The molecule has 118 valence electrons. The lowest BCUT2D eigenvalue weighted by Gasteiger charge is -2.34. The third kappa shape index (κ3) is 4.71. The molecule has 0 aliphatic carbocycles. The number of alkyl halides is 3. The number of hydrogen-bond donors (Lipinski definition) is 1. The number of nitrogens with zero attached hydrogens (tertiary/aromatic N) is 1. The predicted octanol–water partition coefficient (Wildman–Crippen LogP) is 3.67. The Bertz CT molecular complexity index is 457. The van der Waals surface area contributed by atoms with Crippen LogP contribution < -0.4 is 5.32 Å². The van der Waals surface area contributed by atoms with Crippen LogP contribution in [0.4, 0.5) is 13.2 Å². The summed E-state index contributed by atoms with van der Waals surface area (Å²) in [6.07, 6.45) is -2.16. The van der Waals surface area contributed by atoms with Gasteiger partial charge in [0.1, 0.15) is 0 Å². The maximum Gasteiger partial charge on any atom is 0.416 e. The molecule has 1 heterocycles. The molecule has 1 N–H and O–H groups in total. The molecule has 1 aromatic rings. The van der Waals surface area contributed by atoms with Gasteiger partial charge >= 0.3 is 6.18 Å². The van der Waals surface area contributed by atoms with Gasteiger partial charge in [-0.15, -0.1) is 0 Å². The molecule has 1 atom stereocenters. The predicted molar refractivity (Wildman–Crippen MR) is 78.0 cm³/mol. The minimum atomic E-state index is -4.28. The van der Waals surface area contributed by atoms with Gasteiger partial charge in [0, 0.05) is 25.2 Å². The van der Waals surface area contributed by atoms with Gasteiger partial charge in [0.05, 0.1) is 5.56 Å². The molecule has 1 unspecified atom stereocenters. The van der Waals surface area contributed by atoms with E-state index < -0.39 is 11.7 Å². The Morgan fingerprint density at radius 1 is 1.29 bits per heavy atom. The van der Waals surface area contributed by atoms with Crippen LogP contribution in [0.5, 0.6) is 0 Å². The topological polar surface area (TPSA) is 15.3 Å². The zero-order chi connectivity index (χ0) is 15.5. The fourth-order valence-electron chi connectivity index (χ4n) is 2.98. The van der Waals surface area contributed by atoms with Crippen molar-refractivity contribution in [3.63, 3.8) is 0 Å². The lowest BCUT2D eigenvalue weighted by Crippen LogP contribution is -2.47. The molecule has 1 aliphatic heterocycles. The smallest absolute Gasteiger partial charge is 0.311 e. The van der Waals surface area contributed by atoms with Crippen LogP contribution in [-0.2, 0) is 12.7 Å². The third-order valence-electron chi connectivity index (χ3n) is 3.79. The quantitative estimate of drug-likeness (QED) is 0.913. The van der Waals surface area contributed by atoms with Crippen molar-refractivity contribution in [1.82, 2.24) is 10.2 Å². The third-order valence-corrected chi connectivity index (χ3v) is 3.79. The highest BCUT2D eigenvalue weighted by Crippen LogP contribution is 2.32. The van der Waals surface area contributed by atoms with Crippen LogP contribution in [0.1, 0.15) is 37.8 Å². The molecule has 21 heavy (non-hydrogen) atoms. The molecule has 0 amide bonds. The Morgan fingerprint density at radius 2 is 2.00 bits per heavy atom. The number of halogens is 3. The van der Waals surface area contributed by atoms with E-state index in [1.165, 1.54) is 12.1 Å². The van der Waals surface area contributed by atoms with Crippen LogP contribution >= 0.6 is 0 Å². The van der Waals surface area contributed by atoms with Crippen LogP contribution in [0.15, 0.2) is 24.3 Å². The minimum Gasteiger partial charge on any atom is -0.311 e. The summed E-state index contributed by atoms with van der Waals surface area (Å²) in [5.41, 5.74) is -0.140. The Hall–Kier alpha value is -1.07. The van der Waals surface area contributed by atoms with E-state index in [9.17, 15) is 13.2 Å². The summed E-state index contributed by atoms with van der Waals surface area (Å²) in [4.78, 5) is 2.12. The second-order valence-electron chi connectivity index (χ2n) is 6.05. The van der Waals surface area contributed by atoms with Gasteiger partial charge in [0.2, 0.25) is 0 Å². The van der Waals surface area contributed by atoms with Crippen LogP contribution in [0.2, 0.25) is 0 Å². The number of likely N-dealkylation sites (tertiary alicyclic amines) is 1. The molecule has 0 aromatic heterocycles. The molecule has 0 spiro atoms. The van der Waals surface area contributed by atoms with Crippen LogP contribution in [0.25, 0.3) is 0 Å². The minimum absolute atomic E-state index is 0.367. The van der Waals surface area contributed by atoms with E-state index in [-0.39, 0.29) is 0 Å². The number of nitrogens with one attached hydrogen (secondary N) is 1. The van der Waals surface area contributed by atoms with Gasteiger partial charge in [-0.25, -0.2) is 0 Å². The van der Waals surface area contributed by atoms with E-state index in [0.29, 0.717) is 24.2 Å². The maximum absolute atomic E-state index is 13.0. The zero-order valence-electron chi connectivity index (χ0n) is 12.6. The number of piperidine rings is 1. The standard InChI is InChI=1S/C16H23F3N2/c1-12(2)20-14-7-5-9-21(11-14)10-13-6-3-4-8-15(13)16(17,18)19/h3-4,6,8,12,14,20H,5,7,9-11H2,1-2H3. The van der Waals surface area contributed by atoms with Gasteiger partial charge < -0.3 is 5.32 Å². The normalized spacial score (nSPS) is 21.0. The molecular weight excluding hydrogens is 277 g/mol. The molecule has 2 rings (SSSR count). The average molecular weight is 300 g/mol. The molecule has 1 aromatic carbocycles. The van der Waals surface area contributed by atoms with Gasteiger partial charge in [-0.3, -0.25) is 4.90 Å². The van der Waals surface area contributed by atoms with E-state index in [4.69, 9.17) is 0 Å². The molecule has 5 heteroatoms. The van der Waals surface area contributed by atoms with Crippen LogP contribution in [0.3, 0.4) is 0 Å². The first-order valence-electron chi connectivity index (χ1n) is 7.50. The fraction of sp³-hybridized carbons (Fsp3) is 0.625. The Kier molecular flexibility index (Phi) is 5.27. The van der Waals surface area contributed by atoms with Crippen molar-refractivity contribution in [2.45, 2.75) is 51.5 Å². The summed E-state index contributed by atoms with van der Waals surface area (Å²) in [5.74, 6) is 0. The van der Waals surface area contributed by atoms with Crippen molar-refractivity contribution in [3.05, 3.63) is 35.4 Å². The van der Waals surface area contributed by atoms with Crippen molar-refractivity contribution in [1.29, 1.82) is 0 Å². The Balaban J connectivity index is 2.05. The lowest BCUT2D eigenvalue weighted by atomic mass is 10.0. The molecule has 1 saturated heterocycles. The summed E-state index contributed by atoms with van der Waals surface area (Å²) < 4.78 is 39.1. The van der Waals surface area contributed by atoms with Crippen molar-refractivity contribution < 1.29 is 13.2 Å². The zero-order valence-corrected chi connectivity index (χ0v) is 12.6. The molecule has 1 fully saturated rings. The second-order valence-corrected chi connectivity index (χ2v) is 6.05. The van der Waals surface area contributed by atoms with Gasteiger partial charge in [-0.2, -0.15) is 13.2 Å². The summed E-state index contributed by atoms with van der Waals surface area (Å²) >= 11 is 0. The van der Waals surface area contributed by atoms with Crippen molar-refractivity contribution in [3.8, 4) is 0 Å².